The summed E-state index contributed by atoms with van der Waals surface area (Å²) < 4.78 is 0. The van der Waals surface area contributed by atoms with Crippen LogP contribution in [-0.4, -0.2) is 32.6 Å². The van der Waals surface area contributed by atoms with Gasteiger partial charge in [-0.25, -0.2) is 4.98 Å². The number of nitrogens with one attached hydrogen (secondary N) is 4. The SMILES string of the molecule is Nc1n[nH]c2cc(-c3nc([C@H](Cc4ccccc4)NC(=O)c4ccc5c(c4)CCNC5)[nH]c3Cl)ccc12. The van der Waals surface area contributed by atoms with E-state index in [1.54, 1.807) is 0 Å². The molecule has 1 amide bonds. The summed E-state index contributed by atoms with van der Waals surface area (Å²) in [5.74, 6) is 0.883. The van der Waals surface area contributed by atoms with Crippen LogP contribution in [0.25, 0.3) is 22.2 Å². The van der Waals surface area contributed by atoms with Crippen molar-refractivity contribution in [1.82, 2.24) is 30.8 Å². The molecule has 37 heavy (non-hydrogen) atoms. The molecule has 0 aliphatic carbocycles. The van der Waals surface area contributed by atoms with E-state index < -0.39 is 6.04 Å². The van der Waals surface area contributed by atoms with Crippen LogP contribution >= 0.6 is 11.6 Å². The number of nitrogen functional groups attached to an aromatic ring is 1. The molecule has 0 spiro atoms. The van der Waals surface area contributed by atoms with Crippen LogP contribution in [-0.2, 0) is 19.4 Å². The molecule has 186 valence electrons. The van der Waals surface area contributed by atoms with Gasteiger partial charge in [0.25, 0.3) is 5.91 Å². The Balaban J connectivity index is 1.32. The van der Waals surface area contributed by atoms with E-state index in [2.05, 4.69) is 25.8 Å². The number of rotatable bonds is 6. The number of fused-ring (bicyclic) bond motifs is 2. The maximum Gasteiger partial charge on any atom is 0.251 e. The van der Waals surface area contributed by atoms with Gasteiger partial charge < -0.3 is 21.4 Å². The lowest BCUT2D eigenvalue weighted by molar-refractivity contribution is 0.0934. The van der Waals surface area contributed by atoms with Crippen molar-refractivity contribution in [2.24, 2.45) is 0 Å². The highest BCUT2D eigenvalue weighted by Crippen LogP contribution is 2.31. The molecule has 0 saturated heterocycles. The Morgan fingerprint density at radius 1 is 1.08 bits per heavy atom. The zero-order chi connectivity index (χ0) is 25.4. The lowest BCUT2D eigenvalue weighted by Crippen LogP contribution is -2.31. The summed E-state index contributed by atoms with van der Waals surface area (Å²) in [4.78, 5) is 21.4. The highest BCUT2D eigenvalue weighted by atomic mass is 35.5. The molecule has 6 rings (SSSR count). The number of hydrogen-bond acceptors (Lipinski definition) is 5. The van der Waals surface area contributed by atoms with Gasteiger partial charge in [0.1, 0.15) is 16.7 Å². The van der Waals surface area contributed by atoms with E-state index in [1.165, 1.54) is 11.1 Å². The molecule has 3 aromatic carbocycles. The second-order valence-electron chi connectivity index (χ2n) is 9.28. The second kappa shape index (κ2) is 9.72. The number of nitrogens with two attached hydrogens (primary N) is 1. The number of amides is 1. The summed E-state index contributed by atoms with van der Waals surface area (Å²) in [5, 5.41) is 14.8. The number of anilines is 1. The van der Waals surface area contributed by atoms with Crippen molar-refractivity contribution >= 4 is 34.2 Å². The van der Waals surface area contributed by atoms with E-state index in [9.17, 15) is 4.79 Å². The molecule has 9 heteroatoms. The molecule has 0 unspecified atom stereocenters. The maximum absolute atomic E-state index is 13.4. The van der Waals surface area contributed by atoms with Gasteiger partial charge >= 0.3 is 0 Å². The lowest BCUT2D eigenvalue weighted by Gasteiger charge is -2.20. The van der Waals surface area contributed by atoms with Gasteiger partial charge in [0.15, 0.2) is 5.82 Å². The van der Waals surface area contributed by atoms with Crippen LogP contribution < -0.4 is 16.4 Å². The molecular formula is C28H26ClN7O. The Kier molecular flexibility index (Phi) is 6.12. The van der Waals surface area contributed by atoms with Crippen molar-refractivity contribution in [3.8, 4) is 11.3 Å². The van der Waals surface area contributed by atoms with Crippen LogP contribution in [0.3, 0.4) is 0 Å². The van der Waals surface area contributed by atoms with Gasteiger partial charge in [-0.3, -0.25) is 9.89 Å². The summed E-state index contributed by atoms with van der Waals surface area (Å²) in [6.07, 6.45) is 1.47. The highest BCUT2D eigenvalue weighted by molar-refractivity contribution is 6.32. The van der Waals surface area contributed by atoms with Gasteiger partial charge in [-0.1, -0.05) is 54.1 Å². The molecule has 0 bridgehead atoms. The minimum Gasteiger partial charge on any atom is -0.382 e. The normalized spacial score (nSPS) is 13.9. The van der Waals surface area contributed by atoms with Gasteiger partial charge in [0, 0.05) is 23.1 Å². The van der Waals surface area contributed by atoms with E-state index in [4.69, 9.17) is 22.3 Å². The quantitative estimate of drug-likeness (QED) is 0.229. The first-order valence-corrected chi connectivity index (χ1v) is 12.6. The fourth-order valence-corrected chi connectivity index (χ4v) is 5.09. The minimum absolute atomic E-state index is 0.148. The van der Waals surface area contributed by atoms with E-state index in [0.717, 1.165) is 41.5 Å². The fraction of sp³-hybridized carbons (Fsp3) is 0.179. The molecule has 1 atom stereocenters. The first-order chi connectivity index (χ1) is 18.0. The van der Waals surface area contributed by atoms with Crippen molar-refractivity contribution in [2.75, 3.05) is 12.3 Å². The number of imidazole rings is 1. The third kappa shape index (κ3) is 4.69. The average Bonchev–Trinajstić information content (AvgIpc) is 3.50. The van der Waals surface area contributed by atoms with E-state index in [0.29, 0.717) is 34.5 Å². The average molecular weight is 512 g/mol. The molecular weight excluding hydrogens is 486 g/mol. The summed E-state index contributed by atoms with van der Waals surface area (Å²) in [7, 11) is 0. The second-order valence-corrected chi connectivity index (χ2v) is 9.66. The Labute approximate surface area is 218 Å². The standard InChI is InChI=1S/C28H26ClN7O/c29-25-24(18-8-9-21-22(14-18)35-36-26(21)30)33-27(34-25)23(12-16-4-2-1-3-5-16)32-28(37)19-6-7-20-15-31-11-10-17(20)13-19/h1-9,13-14,23,31H,10-12,15H2,(H,32,37)(H,33,34)(H3,30,35,36)/t23-/m0/s1. The first-order valence-electron chi connectivity index (χ1n) is 12.2. The summed E-state index contributed by atoms with van der Waals surface area (Å²) in [6.45, 7) is 1.75. The van der Waals surface area contributed by atoms with E-state index in [1.807, 2.05) is 66.7 Å². The molecule has 5 aromatic rings. The Hall–Kier alpha value is -4.14. The Morgan fingerprint density at radius 3 is 2.81 bits per heavy atom. The van der Waals surface area contributed by atoms with Gasteiger partial charge in [0.05, 0.1) is 11.6 Å². The predicted molar refractivity (Wildman–Crippen MR) is 145 cm³/mol. The van der Waals surface area contributed by atoms with Crippen molar-refractivity contribution in [3.05, 3.63) is 100.0 Å². The van der Waals surface area contributed by atoms with Gasteiger partial charge in [0.2, 0.25) is 0 Å². The molecule has 0 saturated carbocycles. The van der Waals surface area contributed by atoms with Crippen LogP contribution in [0, 0.1) is 0 Å². The van der Waals surface area contributed by atoms with Crippen molar-refractivity contribution in [2.45, 2.75) is 25.4 Å². The van der Waals surface area contributed by atoms with Crippen molar-refractivity contribution < 1.29 is 4.79 Å². The monoisotopic (exact) mass is 511 g/mol. The number of aromatic nitrogens is 4. The van der Waals surface area contributed by atoms with Crippen LogP contribution in [0.4, 0.5) is 5.82 Å². The highest BCUT2D eigenvalue weighted by Gasteiger charge is 2.23. The van der Waals surface area contributed by atoms with Crippen LogP contribution in [0.5, 0.6) is 0 Å². The minimum atomic E-state index is -0.412. The summed E-state index contributed by atoms with van der Waals surface area (Å²) >= 11 is 6.63. The predicted octanol–water partition coefficient (Wildman–Crippen LogP) is 4.55. The summed E-state index contributed by atoms with van der Waals surface area (Å²) in [5.41, 5.74) is 12.3. The van der Waals surface area contributed by atoms with Crippen LogP contribution in [0.2, 0.25) is 5.15 Å². The van der Waals surface area contributed by atoms with Crippen molar-refractivity contribution in [1.29, 1.82) is 0 Å². The third-order valence-corrected chi connectivity index (χ3v) is 7.09. The molecule has 8 nitrogen and oxygen atoms in total. The van der Waals surface area contributed by atoms with Crippen molar-refractivity contribution in [3.63, 3.8) is 0 Å². The molecule has 3 heterocycles. The number of aromatic amines is 2. The smallest absolute Gasteiger partial charge is 0.251 e. The molecule has 1 aliphatic heterocycles. The topological polar surface area (TPSA) is 125 Å². The number of benzene rings is 3. The van der Waals surface area contributed by atoms with Gasteiger partial charge in [-0.15, -0.1) is 0 Å². The number of halogens is 1. The number of carbonyl (C=O) groups excluding carboxylic acids is 1. The van der Waals surface area contributed by atoms with Gasteiger partial charge in [-0.05, 0) is 60.3 Å². The molecule has 0 fully saturated rings. The van der Waals surface area contributed by atoms with Gasteiger partial charge in [-0.2, -0.15) is 5.10 Å². The number of carbonyl (C=O) groups is 1. The zero-order valence-electron chi connectivity index (χ0n) is 20.0. The largest absolute Gasteiger partial charge is 0.382 e. The van der Waals surface area contributed by atoms with Crippen LogP contribution in [0.15, 0.2) is 66.7 Å². The molecule has 2 aromatic heterocycles. The Morgan fingerprint density at radius 2 is 1.95 bits per heavy atom. The molecule has 0 radical (unpaired) electrons. The first kappa shape index (κ1) is 23.3. The maximum atomic E-state index is 13.4. The third-order valence-electron chi connectivity index (χ3n) is 6.82. The number of nitrogens with zero attached hydrogens (tertiary/aromatic N) is 2. The number of H-pyrrole nitrogens is 2. The van der Waals surface area contributed by atoms with Crippen LogP contribution in [0.1, 0.15) is 38.9 Å². The molecule has 6 N–H and O–H groups in total. The zero-order valence-corrected chi connectivity index (χ0v) is 20.8. The van der Waals surface area contributed by atoms with E-state index in [-0.39, 0.29) is 5.91 Å². The van der Waals surface area contributed by atoms with E-state index >= 15 is 0 Å². The number of hydrogen-bond donors (Lipinski definition) is 5. The lowest BCUT2D eigenvalue weighted by atomic mass is 9.98. The fourth-order valence-electron chi connectivity index (χ4n) is 4.84. The summed E-state index contributed by atoms with van der Waals surface area (Å²) in [6, 6.07) is 21.2. The molecule has 1 aliphatic rings. The Bertz CT molecular complexity index is 1590.